The number of halogens is 2. The number of benzene rings is 1. The third kappa shape index (κ3) is 4.17. The van der Waals surface area contributed by atoms with E-state index in [9.17, 15) is 4.79 Å². The molecule has 2 aromatic heterocycles. The lowest BCUT2D eigenvalue weighted by atomic mass is 10.0. The Morgan fingerprint density at radius 3 is 2.69 bits per heavy atom. The van der Waals surface area contributed by atoms with E-state index in [1.54, 1.807) is 6.07 Å². The van der Waals surface area contributed by atoms with E-state index >= 15 is 0 Å². The summed E-state index contributed by atoms with van der Waals surface area (Å²) in [6.45, 7) is 4.58. The Labute approximate surface area is 184 Å². The van der Waals surface area contributed by atoms with Crippen molar-refractivity contribution in [2.75, 3.05) is 27.2 Å². The van der Waals surface area contributed by atoms with Crippen molar-refractivity contribution in [3.05, 3.63) is 50.4 Å². The molecule has 0 spiro atoms. The molecule has 1 fully saturated rings. The Morgan fingerprint density at radius 2 is 2.00 bits per heavy atom. The van der Waals surface area contributed by atoms with E-state index in [0.29, 0.717) is 22.6 Å². The van der Waals surface area contributed by atoms with Crippen LogP contribution in [-0.4, -0.2) is 58.7 Å². The van der Waals surface area contributed by atoms with E-state index in [1.807, 2.05) is 41.8 Å². The summed E-state index contributed by atoms with van der Waals surface area (Å²) < 4.78 is 1.93. The summed E-state index contributed by atoms with van der Waals surface area (Å²) in [7, 11) is 4.06. The molecule has 0 radical (unpaired) electrons. The molecule has 3 aromatic rings. The number of thiophene rings is 1. The van der Waals surface area contributed by atoms with Crippen molar-refractivity contribution in [2.45, 2.75) is 32.4 Å². The summed E-state index contributed by atoms with van der Waals surface area (Å²) in [4.78, 5) is 19.1. The molecule has 1 aromatic carbocycles. The molecule has 1 saturated heterocycles. The van der Waals surface area contributed by atoms with Crippen LogP contribution in [0.5, 0.6) is 0 Å². The lowest BCUT2D eigenvalue weighted by molar-refractivity contribution is 0.0664. The minimum atomic E-state index is 0.0937. The number of aromatic nitrogens is 2. The molecule has 154 valence electrons. The molecule has 5 nitrogen and oxygen atoms in total. The van der Waals surface area contributed by atoms with Crippen molar-refractivity contribution in [3.63, 3.8) is 0 Å². The summed E-state index contributed by atoms with van der Waals surface area (Å²) in [6.07, 6.45) is 2.04. The zero-order valence-corrected chi connectivity index (χ0v) is 19.1. The lowest BCUT2D eigenvalue weighted by Crippen LogP contribution is -2.44. The van der Waals surface area contributed by atoms with Gasteiger partial charge in [0.2, 0.25) is 0 Å². The molecule has 1 amide bonds. The normalized spacial score (nSPS) is 15.9. The van der Waals surface area contributed by atoms with Crippen molar-refractivity contribution in [3.8, 4) is 0 Å². The number of amides is 1. The van der Waals surface area contributed by atoms with Gasteiger partial charge in [0, 0.05) is 28.5 Å². The molecule has 4 rings (SSSR count). The average Bonchev–Trinajstić information content (AvgIpc) is 3.25. The number of hydrogen-bond donors (Lipinski definition) is 0. The number of aryl methyl sites for hydroxylation is 1. The summed E-state index contributed by atoms with van der Waals surface area (Å²) >= 11 is 13.9. The number of hydrogen-bond acceptors (Lipinski definition) is 4. The third-order valence-electron chi connectivity index (χ3n) is 5.71. The number of likely N-dealkylation sites (tertiary alicyclic amines) is 1. The fourth-order valence-electron chi connectivity index (χ4n) is 3.86. The van der Waals surface area contributed by atoms with Crippen LogP contribution in [0.4, 0.5) is 0 Å². The van der Waals surface area contributed by atoms with Gasteiger partial charge in [-0.3, -0.25) is 9.48 Å². The largest absolute Gasteiger partial charge is 0.338 e. The van der Waals surface area contributed by atoms with Crippen LogP contribution < -0.4 is 0 Å². The molecule has 0 saturated carbocycles. The molecule has 0 aliphatic carbocycles. The molecule has 0 N–H and O–H groups in total. The van der Waals surface area contributed by atoms with Gasteiger partial charge in [-0.1, -0.05) is 29.3 Å². The lowest BCUT2D eigenvalue weighted by Gasteiger charge is -2.34. The summed E-state index contributed by atoms with van der Waals surface area (Å²) in [6, 6.07) is 7.77. The Kier molecular flexibility index (Phi) is 5.89. The minimum absolute atomic E-state index is 0.0937. The van der Waals surface area contributed by atoms with Crippen LogP contribution in [0.2, 0.25) is 10.0 Å². The van der Waals surface area contributed by atoms with Gasteiger partial charge in [-0.25, -0.2) is 0 Å². The SMILES string of the molecule is Cc1nn(Cc2ccc(Cl)cc2Cl)c2sc(C(=O)N(C)C3CCN(C)CC3)cc12. The maximum Gasteiger partial charge on any atom is 0.264 e. The summed E-state index contributed by atoms with van der Waals surface area (Å²) in [5, 5.41) is 6.92. The maximum absolute atomic E-state index is 13.1. The van der Waals surface area contributed by atoms with Crippen molar-refractivity contribution in [1.82, 2.24) is 19.6 Å². The highest BCUT2D eigenvalue weighted by atomic mass is 35.5. The first-order valence-electron chi connectivity index (χ1n) is 9.70. The Balaban J connectivity index is 1.59. The Bertz CT molecular complexity index is 1050. The van der Waals surface area contributed by atoms with Crippen LogP contribution in [0.1, 0.15) is 33.8 Å². The van der Waals surface area contributed by atoms with Crippen LogP contribution in [0.25, 0.3) is 10.2 Å². The van der Waals surface area contributed by atoms with Crippen molar-refractivity contribution < 1.29 is 4.79 Å². The second kappa shape index (κ2) is 8.26. The number of carbonyl (C=O) groups is 1. The van der Waals surface area contributed by atoms with Gasteiger partial charge in [0.05, 0.1) is 17.1 Å². The number of nitrogens with zero attached hydrogens (tertiary/aromatic N) is 4. The van der Waals surface area contributed by atoms with E-state index in [1.165, 1.54) is 11.3 Å². The van der Waals surface area contributed by atoms with Crippen molar-refractivity contribution in [1.29, 1.82) is 0 Å². The molecule has 0 unspecified atom stereocenters. The van der Waals surface area contributed by atoms with Crippen LogP contribution in [0.3, 0.4) is 0 Å². The Morgan fingerprint density at radius 1 is 1.28 bits per heavy atom. The van der Waals surface area contributed by atoms with Gasteiger partial charge in [0.1, 0.15) is 4.83 Å². The standard InChI is InChI=1S/C21H24Cl2N4OS/c1-13-17-11-19(20(28)26(3)16-6-8-25(2)9-7-16)29-21(17)27(24-13)12-14-4-5-15(22)10-18(14)23/h4-5,10-11,16H,6-9,12H2,1-3H3. The molecule has 1 aliphatic rings. The third-order valence-corrected chi connectivity index (χ3v) is 7.43. The topological polar surface area (TPSA) is 41.4 Å². The van der Waals surface area contributed by atoms with Gasteiger partial charge in [-0.15, -0.1) is 11.3 Å². The fourth-order valence-corrected chi connectivity index (χ4v) is 5.47. The minimum Gasteiger partial charge on any atom is -0.338 e. The Hall–Kier alpha value is -1.60. The zero-order valence-electron chi connectivity index (χ0n) is 16.8. The maximum atomic E-state index is 13.1. The monoisotopic (exact) mass is 450 g/mol. The zero-order chi connectivity index (χ0) is 20.7. The quantitative estimate of drug-likeness (QED) is 0.565. The van der Waals surface area contributed by atoms with Crippen LogP contribution in [-0.2, 0) is 6.54 Å². The first-order chi connectivity index (χ1) is 13.8. The average molecular weight is 451 g/mol. The van der Waals surface area contributed by atoms with Gasteiger partial charge >= 0.3 is 0 Å². The van der Waals surface area contributed by atoms with Crippen molar-refractivity contribution in [2.24, 2.45) is 0 Å². The molecule has 8 heteroatoms. The molecule has 29 heavy (non-hydrogen) atoms. The van der Waals surface area contributed by atoms with Crippen LogP contribution in [0.15, 0.2) is 24.3 Å². The smallest absolute Gasteiger partial charge is 0.264 e. The van der Waals surface area contributed by atoms with E-state index in [4.69, 9.17) is 23.2 Å². The van der Waals surface area contributed by atoms with Gasteiger partial charge in [-0.2, -0.15) is 5.10 Å². The van der Waals surface area contributed by atoms with Crippen LogP contribution >= 0.6 is 34.5 Å². The molecular weight excluding hydrogens is 427 g/mol. The van der Waals surface area contributed by atoms with E-state index < -0.39 is 0 Å². The number of piperidine rings is 1. The van der Waals surface area contributed by atoms with E-state index in [-0.39, 0.29) is 5.91 Å². The van der Waals surface area contributed by atoms with Gasteiger partial charge < -0.3 is 9.80 Å². The van der Waals surface area contributed by atoms with Gasteiger partial charge in [-0.05, 0) is 63.7 Å². The first kappa shape index (κ1) is 20.7. The van der Waals surface area contributed by atoms with E-state index in [0.717, 1.165) is 52.3 Å². The van der Waals surface area contributed by atoms with Crippen molar-refractivity contribution >= 4 is 50.7 Å². The van der Waals surface area contributed by atoms with Crippen LogP contribution in [0, 0.1) is 6.92 Å². The van der Waals surface area contributed by atoms with Gasteiger partial charge in [0.15, 0.2) is 0 Å². The predicted octanol–water partition coefficient (Wildman–Crippen LogP) is 4.93. The fraction of sp³-hybridized carbons (Fsp3) is 0.429. The second-order valence-corrected chi connectivity index (χ2v) is 9.63. The predicted molar refractivity (Wildman–Crippen MR) is 121 cm³/mol. The summed E-state index contributed by atoms with van der Waals surface area (Å²) in [5.41, 5.74) is 1.87. The molecular formula is C21H24Cl2N4OS. The number of rotatable bonds is 4. The van der Waals surface area contributed by atoms with E-state index in [2.05, 4.69) is 17.0 Å². The number of fused-ring (bicyclic) bond motifs is 1. The second-order valence-electron chi connectivity index (χ2n) is 7.76. The molecule has 0 bridgehead atoms. The highest BCUT2D eigenvalue weighted by Gasteiger charge is 2.26. The van der Waals surface area contributed by atoms with Gasteiger partial charge in [0.25, 0.3) is 5.91 Å². The highest BCUT2D eigenvalue weighted by Crippen LogP contribution is 2.31. The summed E-state index contributed by atoms with van der Waals surface area (Å²) in [5.74, 6) is 0.0937. The molecule has 1 aliphatic heterocycles. The first-order valence-corrected chi connectivity index (χ1v) is 11.3. The number of carbonyl (C=O) groups excluding carboxylic acids is 1. The highest BCUT2D eigenvalue weighted by molar-refractivity contribution is 7.20. The molecule has 0 atom stereocenters. The molecule has 3 heterocycles.